The fourth-order valence-electron chi connectivity index (χ4n) is 2.95. The summed E-state index contributed by atoms with van der Waals surface area (Å²) in [5.74, 6) is 1.80. The minimum Gasteiger partial charge on any atom is -0.439 e. The van der Waals surface area contributed by atoms with Gasteiger partial charge in [-0.2, -0.15) is 18.2 Å². The van der Waals surface area contributed by atoms with Gasteiger partial charge in [0.05, 0.1) is 5.56 Å². The van der Waals surface area contributed by atoms with Gasteiger partial charge in [-0.15, -0.1) is 10.2 Å². The summed E-state index contributed by atoms with van der Waals surface area (Å²) in [5, 5.41) is 11.3. The standard InChI is InChI=1S/C23H22F3N7OS/c1-22(2,3)35-21-29-17(27)12-18(30-21)34-16-9-7-13(8-10-16)19-31-20(33-32-19)28-15-6-4-5-14(11-15)23(24,25)26/h4-12H,1-3H3,(H2,27,29,30)(H2,28,31,32,33). The van der Waals surface area contributed by atoms with Gasteiger partial charge in [0.25, 0.3) is 0 Å². The van der Waals surface area contributed by atoms with Crippen molar-refractivity contribution in [1.29, 1.82) is 0 Å². The van der Waals surface area contributed by atoms with Crippen LogP contribution in [0.15, 0.2) is 59.8 Å². The van der Waals surface area contributed by atoms with Crippen molar-refractivity contribution in [2.24, 2.45) is 0 Å². The first-order valence-corrected chi connectivity index (χ1v) is 11.3. The largest absolute Gasteiger partial charge is 0.439 e. The first-order valence-electron chi connectivity index (χ1n) is 10.4. The number of benzene rings is 2. The molecule has 0 amide bonds. The van der Waals surface area contributed by atoms with Crippen molar-refractivity contribution in [2.45, 2.75) is 36.9 Å². The van der Waals surface area contributed by atoms with E-state index in [0.717, 1.165) is 12.1 Å². The third-order valence-electron chi connectivity index (χ3n) is 4.39. The van der Waals surface area contributed by atoms with Crippen LogP contribution < -0.4 is 15.8 Å². The summed E-state index contributed by atoms with van der Waals surface area (Å²) in [6, 6.07) is 13.4. The molecule has 0 bridgehead atoms. The van der Waals surface area contributed by atoms with E-state index in [1.54, 1.807) is 30.3 Å². The maximum atomic E-state index is 12.9. The molecule has 0 fully saturated rings. The molecule has 12 heteroatoms. The second-order valence-electron chi connectivity index (χ2n) is 8.48. The maximum absolute atomic E-state index is 12.9. The van der Waals surface area contributed by atoms with Crippen LogP contribution in [0.3, 0.4) is 0 Å². The van der Waals surface area contributed by atoms with E-state index in [4.69, 9.17) is 10.5 Å². The number of anilines is 3. The fourth-order valence-corrected chi connectivity index (χ4v) is 3.79. The molecule has 182 valence electrons. The number of alkyl halides is 3. The van der Waals surface area contributed by atoms with E-state index in [-0.39, 0.29) is 16.4 Å². The summed E-state index contributed by atoms with van der Waals surface area (Å²) in [7, 11) is 0. The number of nitrogen functional groups attached to an aromatic ring is 1. The van der Waals surface area contributed by atoms with E-state index < -0.39 is 11.7 Å². The molecule has 0 spiro atoms. The van der Waals surface area contributed by atoms with Crippen molar-refractivity contribution in [2.75, 3.05) is 11.1 Å². The highest BCUT2D eigenvalue weighted by molar-refractivity contribution is 8.00. The van der Waals surface area contributed by atoms with E-state index in [9.17, 15) is 13.2 Å². The average molecular weight is 502 g/mol. The van der Waals surface area contributed by atoms with Gasteiger partial charge in [-0.05, 0) is 42.5 Å². The number of H-pyrrole nitrogens is 1. The second-order valence-corrected chi connectivity index (χ2v) is 10.3. The van der Waals surface area contributed by atoms with Crippen LogP contribution in [0.4, 0.5) is 30.6 Å². The number of halogens is 3. The predicted octanol–water partition coefficient (Wildman–Crippen LogP) is 6.29. The quantitative estimate of drug-likeness (QED) is 0.209. The van der Waals surface area contributed by atoms with Crippen molar-refractivity contribution in [3.05, 3.63) is 60.2 Å². The Morgan fingerprint density at radius 1 is 0.971 bits per heavy atom. The first kappa shape index (κ1) is 24.3. The molecule has 8 nitrogen and oxygen atoms in total. The summed E-state index contributed by atoms with van der Waals surface area (Å²) < 4.78 is 44.5. The van der Waals surface area contributed by atoms with E-state index in [1.165, 1.54) is 23.9 Å². The molecule has 0 aliphatic heterocycles. The number of hydrogen-bond donors (Lipinski definition) is 3. The molecule has 4 rings (SSSR count). The summed E-state index contributed by atoms with van der Waals surface area (Å²) in [5.41, 5.74) is 6.07. The van der Waals surface area contributed by atoms with E-state index in [0.29, 0.717) is 34.0 Å². The number of ether oxygens (including phenoxy) is 1. The Morgan fingerprint density at radius 3 is 2.40 bits per heavy atom. The van der Waals surface area contributed by atoms with Crippen LogP contribution in [0.25, 0.3) is 11.4 Å². The van der Waals surface area contributed by atoms with Crippen LogP contribution in [0.2, 0.25) is 0 Å². The Labute approximate surface area is 203 Å². The van der Waals surface area contributed by atoms with Crippen molar-refractivity contribution < 1.29 is 17.9 Å². The summed E-state index contributed by atoms with van der Waals surface area (Å²) in [6.07, 6.45) is -4.43. The number of nitrogens with two attached hydrogens (primary N) is 1. The highest BCUT2D eigenvalue weighted by Crippen LogP contribution is 2.33. The zero-order valence-electron chi connectivity index (χ0n) is 19.0. The lowest BCUT2D eigenvalue weighted by Gasteiger charge is -2.16. The average Bonchev–Trinajstić information content (AvgIpc) is 3.20. The van der Waals surface area contributed by atoms with Crippen molar-refractivity contribution in [1.82, 2.24) is 25.1 Å². The van der Waals surface area contributed by atoms with Gasteiger partial charge in [-0.25, -0.2) is 4.98 Å². The number of aromatic amines is 1. The number of nitrogens with one attached hydrogen (secondary N) is 2. The van der Waals surface area contributed by atoms with Crippen molar-refractivity contribution >= 4 is 29.2 Å². The van der Waals surface area contributed by atoms with E-state index in [1.807, 2.05) is 20.8 Å². The molecule has 4 aromatic rings. The number of thioether (sulfide) groups is 1. The molecule has 35 heavy (non-hydrogen) atoms. The van der Waals surface area contributed by atoms with Crippen LogP contribution >= 0.6 is 11.8 Å². The number of hydrogen-bond acceptors (Lipinski definition) is 8. The Bertz CT molecular complexity index is 1320. The zero-order valence-corrected chi connectivity index (χ0v) is 19.8. The van der Waals surface area contributed by atoms with Gasteiger partial charge in [0.2, 0.25) is 11.8 Å². The van der Waals surface area contributed by atoms with Crippen molar-refractivity contribution in [3.63, 3.8) is 0 Å². The minimum atomic E-state index is -4.43. The van der Waals surface area contributed by atoms with Gasteiger partial charge in [0, 0.05) is 22.1 Å². The Hall–Kier alpha value is -3.80. The molecule has 2 aromatic heterocycles. The molecule has 0 aliphatic rings. The lowest BCUT2D eigenvalue weighted by atomic mass is 10.2. The van der Waals surface area contributed by atoms with Gasteiger partial charge >= 0.3 is 6.18 Å². The Balaban J connectivity index is 1.45. The summed E-state index contributed by atoms with van der Waals surface area (Å²) in [4.78, 5) is 11.6. The van der Waals surface area contributed by atoms with E-state index >= 15 is 0 Å². The lowest BCUT2D eigenvalue weighted by molar-refractivity contribution is -0.137. The number of nitrogens with zero attached hydrogens (tertiary/aromatic N) is 4. The molecular weight excluding hydrogens is 479 g/mol. The summed E-state index contributed by atoms with van der Waals surface area (Å²) in [6.45, 7) is 6.15. The van der Waals surface area contributed by atoms with Crippen LogP contribution in [-0.2, 0) is 6.18 Å². The molecule has 0 unspecified atom stereocenters. The zero-order chi connectivity index (χ0) is 25.2. The first-order chi connectivity index (χ1) is 16.4. The SMILES string of the molecule is CC(C)(C)Sc1nc(N)cc(Oc2ccc(-c3nnc(Nc4cccc(C(F)(F)F)c4)[nH]3)cc2)n1. The molecular formula is C23H22F3N7OS. The van der Waals surface area contributed by atoms with Gasteiger partial charge in [0.1, 0.15) is 11.6 Å². The molecule has 0 saturated carbocycles. The normalized spacial score (nSPS) is 11.9. The Kier molecular flexibility index (Phi) is 6.57. The van der Waals surface area contributed by atoms with E-state index in [2.05, 4.69) is 30.5 Å². The predicted molar refractivity (Wildman–Crippen MR) is 129 cm³/mol. The minimum absolute atomic E-state index is 0.0847. The monoisotopic (exact) mass is 501 g/mol. The van der Waals surface area contributed by atoms with Crippen LogP contribution in [0.5, 0.6) is 11.6 Å². The molecule has 0 atom stereocenters. The molecule has 0 radical (unpaired) electrons. The van der Waals surface area contributed by atoms with Crippen LogP contribution in [-0.4, -0.2) is 29.9 Å². The Morgan fingerprint density at radius 2 is 1.71 bits per heavy atom. The summed E-state index contributed by atoms with van der Waals surface area (Å²) >= 11 is 1.48. The van der Waals surface area contributed by atoms with Gasteiger partial charge in [-0.1, -0.05) is 38.6 Å². The van der Waals surface area contributed by atoms with Gasteiger partial charge < -0.3 is 20.8 Å². The lowest BCUT2D eigenvalue weighted by Crippen LogP contribution is -2.09. The second kappa shape index (κ2) is 9.45. The van der Waals surface area contributed by atoms with Crippen LogP contribution in [0, 0.1) is 0 Å². The third-order valence-corrected chi connectivity index (χ3v) is 5.37. The van der Waals surface area contributed by atoms with Gasteiger partial charge in [-0.3, -0.25) is 0 Å². The molecule has 4 N–H and O–H groups in total. The topological polar surface area (TPSA) is 115 Å². The number of rotatable bonds is 6. The molecule has 0 aliphatic carbocycles. The smallest absolute Gasteiger partial charge is 0.416 e. The van der Waals surface area contributed by atoms with Crippen LogP contribution in [0.1, 0.15) is 26.3 Å². The molecule has 2 heterocycles. The highest BCUT2D eigenvalue weighted by Gasteiger charge is 2.30. The maximum Gasteiger partial charge on any atom is 0.416 e. The molecule has 2 aromatic carbocycles. The highest BCUT2D eigenvalue weighted by atomic mass is 32.2. The van der Waals surface area contributed by atoms with Crippen molar-refractivity contribution in [3.8, 4) is 23.0 Å². The fraction of sp³-hybridized carbons (Fsp3) is 0.217. The number of aromatic nitrogens is 5. The third kappa shape index (κ3) is 6.63. The molecule has 0 saturated heterocycles. The van der Waals surface area contributed by atoms with Gasteiger partial charge in [0.15, 0.2) is 11.0 Å².